The number of amides is 1. The summed E-state index contributed by atoms with van der Waals surface area (Å²) in [7, 11) is 1.54. The minimum absolute atomic E-state index is 0.106. The van der Waals surface area contributed by atoms with Crippen LogP contribution >= 0.6 is 0 Å². The van der Waals surface area contributed by atoms with Crippen LogP contribution in [0.3, 0.4) is 0 Å². The first-order valence-corrected chi connectivity index (χ1v) is 10.2. The highest BCUT2D eigenvalue weighted by Gasteiger charge is 2.25. The number of anilines is 3. The Hall–Kier alpha value is -2.61. The fourth-order valence-corrected chi connectivity index (χ4v) is 3.96. The molecule has 0 aliphatic carbocycles. The van der Waals surface area contributed by atoms with Gasteiger partial charge in [0.1, 0.15) is 11.5 Å². The van der Waals surface area contributed by atoms with Crippen molar-refractivity contribution in [1.82, 2.24) is 4.98 Å². The lowest BCUT2D eigenvalue weighted by Crippen LogP contribution is -2.30. The number of piperidine rings is 1. The Kier molecular flexibility index (Phi) is 5.99. The zero-order valence-corrected chi connectivity index (χ0v) is 16.7. The van der Waals surface area contributed by atoms with Crippen molar-refractivity contribution in [3.63, 3.8) is 0 Å². The molecular formula is C21H27FN4O3. The zero-order chi connectivity index (χ0) is 20.2. The number of methoxy groups -OCH3 is 1. The van der Waals surface area contributed by atoms with E-state index in [1.807, 2.05) is 4.90 Å². The molecule has 0 atom stereocenters. The van der Waals surface area contributed by atoms with Crippen LogP contribution in [0.4, 0.5) is 21.8 Å². The van der Waals surface area contributed by atoms with Crippen LogP contribution in [-0.4, -0.2) is 44.2 Å². The Morgan fingerprint density at radius 3 is 2.52 bits per heavy atom. The fraction of sp³-hybridized carbons (Fsp3) is 0.524. The number of benzene rings is 1. The molecule has 29 heavy (non-hydrogen) atoms. The molecule has 0 unspecified atom stereocenters. The van der Waals surface area contributed by atoms with Crippen LogP contribution in [0.5, 0.6) is 0 Å². The van der Waals surface area contributed by atoms with Crippen LogP contribution in [0.15, 0.2) is 22.6 Å². The van der Waals surface area contributed by atoms with Crippen LogP contribution in [-0.2, 0) is 11.3 Å². The molecule has 7 nitrogen and oxygen atoms in total. The maximum absolute atomic E-state index is 14.6. The summed E-state index contributed by atoms with van der Waals surface area (Å²) >= 11 is 0. The molecular weight excluding hydrogens is 375 g/mol. The van der Waals surface area contributed by atoms with Gasteiger partial charge in [0.05, 0.1) is 12.3 Å². The molecule has 1 amide bonds. The lowest BCUT2D eigenvalue weighted by atomic mass is 10.1. The fourth-order valence-electron chi connectivity index (χ4n) is 3.96. The predicted molar refractivity (Wildman–Crippen MR) is 109 cm³/mol. The minimum atomic E-state index is -0.458. The third kappa shape index (κ3) is 4.37. The molecule has 1 aromatic carbocycles. The molecule has 2 aliphatic rings. The summed E-state index contributed by atoms with van der Waals surface area (Å²) in [4.78, 5) is 21.3. The molecule has 2 saturated heterocycles. The number of hydrogen-bond donors (Lipinski definition) is 1. The lowest BCUT2D eigenvalue weighted by molar-refractivity contribution is 0.0990. The van der Waals surface area contributed by atoms with Crippen molar-refractivity contribution in [1.29, 1.82) is 0 Å². The highest BCUT2D eigenvalue weighted by molar-refractivity contribution is 6.03. The number of nitrogens with zero attached hydrogens (tertiary/aromatic N) is 3. The van der Waals surface area contributed by atoms with Crippen LogP contribution < -0.4 is 15.1 Å². The highest BCUT2D eigenvalue weighted by Crippen LogP contribution is 2.27. The third-order valence-corrected chi connectivity index (χ3v) is 5.45. The molecule has 0 bridgehead atoms. The van der Waals surface area contributed by atoms with Crippen molar-refractivity contribution in [3.05, 3.63) is 35.5 Å². The van der Waals surface area contributed by atoms with Crippen molar-refractivity contribution >= 4 is 23.3 Å². The molecule has 1 N–H and O–H groups in total. The number of hydrogen-bond acceptors (Lipinski definition) is 6. The number of ether oxygens (including phenoxy) is 1. The van der Waals surface area contributed by atoms with Gasteiger partial charge in [0.25, 0.3) is 11.9 Å². The van der Waals surface area contributed by atoms with Crippen LogP contribution in [0.25, 0.3) is 0 Å². The Labute approximate surface area is 169 Å². The first-order valence-electron chi connectivity index (χ1n) is 10.2. The number of rotatable bonds is 6. The SMILES string of the molecule is COCc1nc(N2CCCC2)oc1C(=O)Nc1ccc(N2CCCCC2)c(F)c1. The van der Waals surface area contributed by atoms with Gasteiger partial charge in [-0.1, -0.05) is 0 Å². The average Bonchev–Trinajstić information content (AvgIpc) is 3.39. The number of carbonyl (C=O) groups is 1. The summed E-state index contributed by atoms with van der Waals surface area (Å²) in [6.07, 6.45) is 5.49. The normalized spacial score (nSPS) is 17.0. The van der Waals surface area contributed by atoms with Gasteiger partial charge >= 0.3 is 0 Å². The molecule has 0 saturated carbocycles. The van der Waals surface area contributed by atoms with Gasteiger partial charge in [0.2, 0.25) is 5.76 Å². The van der Waals surface area contributed by atoms with E-state index in [2.05, 4.69) is 15.2 Å². The largest absolute Gasteiger partial charge is 0.418 e. The van der Waals surface area contributed by atoms with E-state index in [-0.39, 0.29) is 18.2 Å². The number of aromatic nitrogens is 1. The Balaban J connectivity index is 1.50. The van der Waals surface area contributed by atoms with Crippen LogP contribution in [0, 0.1) is 5.82 Å². The van der Waals surface area contributed by atoms with E-state index in [4.69, 9.17) is 9.15 Å². The third-order valence-electron chi connectivity index (χ3n) is 5.45. The van der Waals surface area contributed by atoms with Crippen LogP contribution in [0.1, 0.15) is 48.4 Å². The van der Waals surface area contributed by atoms with E-state index in [0.29, 0.717) is 23.1 Å². The summed E-state index contributed by atoms with van der Waals surface area (Å²) in [5.74, 6) is -0.688. The molecule has 156 valence electrons. The second kappa shape index (κ2) is 8.82. The standard InChI is InChI=1S/C21H27FN4O3/c1-28-14-17-19(29-21(24-17)26-11-5-6-12-26)20(27)23-15-7-8-18(16(22)13-15)25-9-3-2-4-10-25/h7-8,13H,2-6,9-12,14H2,1H3,(H,23,27). The van der Waals surface area contributed by atoms with Crippen molar-refractivity contribution in [2.24, 2.45) is 0 Å². The summed E-state index contributed by atoms with van der Waals surface area (Å²) in [5, 5.41) is 2.73. The van der Waals surface area contributed by atoms with Gasteiger partial charge in [-0.3, -0.25) is 4.79 Å². The Morgan fingerprint density at radius 1 is 1.14 bits per heavy atom. The van der Waals surface area contributed by atoms with Gasteiger partial charge in [0, 0.05) is 39.0 Å². The second-order valence-electron chi connectivity index (χ2n) is 7.57. The molecule has 0 spiro atoms. The van der Waals surface area contributed by atoms with Gasteiger partial charge in [0.15, 0.2) is 0 Å². The van der Waals surface area contributed by atoms with E-state index in [9.17, 15) is 9.18 Å². The van der Waals surface area contributed by atoms with Crippen molar-refractivity contribution < 1.29 is 18.3 Å². The van der Waals surface area contributed by atoms with Gasteiger partial charge < -0.3 is 24.3 Å². The summed E-state index contributed by atoms with van der Waals surface area (Å²) in [6, 6.07) is 5.24. The molecule has 8 heteroatoms. The first kappa shape index (κ1) is 19.7. The topological polar surface area (TPSA) is 70.8 Å². The van der Waals surface area contributed by atoms with Crippen LogP contribution in [0.2, 0.25) is 0 Å². The quantitative estimate of drug-likeness (QED) is 0.793. The molecule has 4 rings (SSSR count). The molecule has 2 aliphatic heterocycles. The van der Waals surface area contributed by atoms with Crippen molar-refractivity contribution in [3.8, 4) is 0 Å². The van der Waals surface area contributed by atoms with Crippen molar-refractivity contribution in [2.45, 2.75) is 38.7 Å². The Bertz CT molecular complexity index is 858. The Morgan fingerprint density at radius 2 is 1.83 bits per heavy atom. The second-order valence-corrected chi connectivity index (χ2v) is 7.57. The number of carbonyl (C=O) groups excluding carboxylic acids is 1. The summed E-state index contributed by atoms with van der Waals surface area (Å²) < 4.78 is 25.6. The highest BCUT2D eigenvalue weighted by atomic mass is 19.1. The zero-order valence-electron chi connectivity index (χ0n) is 16.7. The summed E-state index contributed by atoms with van der Waals surface area (Å²) in [6.45, 7) is 3.61. The summed E-state index contributed by atoms with van der Waals surface area (Å²) in [5.41, 5.74) is 1.41. The van der Waals surface area contributed by atoms with Gasteiger partial charge in [-0.05, 0) is 50.3 Å². The van der Waals surface area contributed by atoms with Gasteiger partial charge in [-0.2, -0.15) is 4.98 Å². The van der Waals surface area contributed by atoms with E-state index < -0.39 is 5.91 Å². The van der Waals surface area contributed by atoms with E-state index in [1.54, 1.807) is 19.2 Å². The number of oxazole rings is 1. The first-order chi connectivity index (χ1) is 14.2. The van der Waals surface area contributed by atoms with Gasteiger partial charge in [-0.15, -0.1) is 0 Å². The van der Waals surface area contributed by atoms with Gasteiger partial charge in [-0.25, -0.2) is 4.39 Å². The monoisotopic (exact) mass is 402 g/mol. The molecule has 2 aromatic rings. The average molecular weight is 402 g/mol. The minimum Gasteiger partial charge on any atom is -0.418 e. The molecule has 3 heterocycles. The maximum atomic E-state index is 14.6. The number of halogens is 1. The maximum Gasteiger partial charge on any atom is 0.298 e. The number of nitrogens with one attached hydrogen (secondary N) is 1. The molecule has 1 aromatic heterocycles. The van der Waals surface area contributed by atoms with E-state index >= 15 is 0 Å². The van der Waals surface area contributed by atoms with E-state index in [1.165, 1.54) is 12.5 Å². The lowest BCUT2D eigenvalue weighted by Gasteiger charge is -2.29. The van der Waals surface area contributed by atoms with E-state index in [0.717, 1.165) is 51.9 Å². The smallest absolute Gasteiger partial charge is 0.298 e. The predicted octanol–water partition coefficient (Wildman–Crippen LogP) is 3.80. The molecule has 0 radical (unpaired) electrons. The van der Waals surface area contributed by atoms with Crippen molar-refractivity contribution in [2.75, 3.05) is 48.4 Å². The molecule has 2 fully saturated rings.